The van der Waals surface area contributed by atoms with Gasteiger partial charge < -0.3 is 12.4 Å². The summed E-state index contributed by atoms with van der Waals surface area (Å²) in [6.45, 7) is 0. The van der Waals surface area contributed by atoms with E-state index >= 15 is 0 Å². The Balaban J connectivity index is 0.00000231. The molecule has 1 aromatic heterocycles. The van der Waals surface area contributed by atoms with Crippen molar-refractivity contribution < 1.29 is 17.0 Å². The average Bonchev–Trinajstić information content (AvgIpc) is 2.79. The Hall–Kier alpha value is -2.91. The molecule has 152 valence electrons. The summed E-state index contributed by atoms with van der Waals surface area (Å²) in [5.41, 5.74) is 5.01. The van der Waals surface area contributed by atoms with Crippen molar-refractivity contribution in [3.05, 3.63) is 113 Å². The molecule has 0 N–H and O–H groups in total. The second-order valence-corrected chi connectivity index (χ2v) is 7.86. The fourth-order valence-corrected chi connectivity index (χ4v) is 3.99. The summed E-state index contributed by atoms with van der Waals surface area (Å²) in [5.74, 6) is 0.853. The first kappa shape index (κ1) is 21.3. The van der Waals surface area contributed by atoms with E-state index in [0.717, 1.165) is 39.2 Å². The molecule has 0 fully saturated rings. The van der Waals surface area contributed by atoms with Crippen LogP contribution in [0.3, 0.4) is 0 Å². The highest BCUT2D eigenvalue weighted by Gasteiger charge is 2.26. The molecule has 0 aliphatic carbocycles. The van der Waals surface area contributed by atoms with E-state index in [1.807, 2.05) is 78.9 Å². The summed E-state index contributed by atoms with van der Waals surface area (Å²) in [5, 5.41) is 2.36. The predicted octanol–water partition coefficient (Wildman–Crippen LogP) is 4.16. The quantitative estimate of drug-likeness (QED) is 0.349. The molecule has 0 spiro atoms. The van der Waals surface area contributed by atoms with E-state index in [1.54, 1.807) is 0 Å². The zero-order chi connectivity index (χ0) is 20.5. The summed E-state index contributed by atoms with van der Waals surface area (Å²) in [6.07, 6.45) is 0. The first-order valence-corrected chi connectivity index (χ1v) is 10.4. The Labute approximate surface area is 197 Å². The second kappa shape index (κ2) is 9.07. The molecule has 0 bridgehead atoms. The van der Waals surface area contributed by atoms with Crippen molar-refractivity contribution in [3.63, 3.8) is 0 Å². The van der Waals surface area contributed by atoms with Gasteiger partial charge in [0.05, 0.1) is 10.9 Å². The standard InChI is InChI=1S/C26H17Cl2N2.ClH/c27-20-11-14-22(15-12-20)30-25(18-7-3-1-4-8-18)23-17-21(28)13-16-24(23)29-26(30)19-9-5-2-6-10-19;/h1-17H;1H/q+1;/p-1/i11+2,12+2,13+2,14+2,15+2,16+2,17+2,20+2,21+2,22+2,23+2,24+2;. The maximum Gasteiger partial charge on any atom is 0.336 e. The van der Waals surface area contributed by atoms with Gasteiger partial charge in [0, 0.05) is 15.6 Å². The highest BCUT2D eigenvalue weighted by Crippen LogP contribution is 2.31. The third-order valence-corrected chi connectivity index (χ3v) is 5.53. The van der Waals surface area contributed by atoms with Crippen LogP contribution in [-0.4, -0.2) is 4.98 Å². The zero-order valence-corrected chi connectivity index (χ0v) is 18.6. The monoisotopic (exact) mass is 486 g/mol. The van der Waals surface area contributed by atoms with Crippen LogP contribution in [0, 0.1) is 0 Å². The van der Waals surface area contributed by atoms with E-state index in [-0.39, 0.29) is 12.4 Å². The van der Waals surface area contributed by atoms with Gasteiger partial charge in [-0.05, 0) is 59.6 Å². The first-order valence-electron chi connectivity index (χ1n) is 9.63. The van der Waals surface area contributed by atoms with Crippen LogP contribution in [0.5, 0.6) is 0 Å². The van der Waals surface area contributed by atoms with Crippen LogP contribution in [0.15, 0.2) is 103 Å². The lowest BCUT2D eigenvalue weighted by Gasteiger charge is -2.13. The minimum Gasteiger partial charge on any atom is -1.00 e. The van der Waals surface area contributed by atoms with Crippen molar-refractivity contribution in [1.82, 2.24) is 4.98 Å². The Kier molecular flexibility index (Phi) is 6.24. The van der Waals surface area contributed by atoms with Crippen molar-refractivity contribution in [2.45, 2.75) is 0 Å². The van der Waals surface area contributed by atoms with Gasteiger partial charge in [-0.3, -0.25) is 0 Å². The highest BCUT2D eigenvalue weighted by molar-refractivity contribution is 6.31. The fraction of sp³-hybridized carbons (Fsp3) is 0. The Morgan fingerprint density at radius 2 is 1.29 bits per heavy atom. The van der Waals surface area contributed by atoms with E-state index in [4.69, 9.17) is 28.2 Å². The smallest absolute Gasteiger partial charge is 0.336 e. The molecule has 0 radical (unpaired) electrons. The van der Waals surface area contributed by atoms with E-state index in [2.05, 4.69) is 28.8 Å². The highest BCUT2D eigenvalue weighted by atomic mass is 35.5. The number of benzene rings is 4. The van der Waals surface area contributed by atoms with Crippen LogP contribution in [0.2, 0.25) is 10.0 Å². The van der Waals surface area contributed by atoms with Crippen LogP contribution in [-0.2, 0) is 0 Å². The topological polar surface area (TPSA) is 16.8 Å². The van der Waals surface area contributed by atoms with Gasteiger partial charge in [-0.25, -0.2) is 0 Å². The van der Waals surface area contributed by atoms with Gasteiger partial charge in [0.2, 0.25) is 0 Å². The Bertz CT molecular complexity index is 1340. The number of rotatable bonds is 3. The first-order chi connectivity index (χ1) is 14.7. The molecule has 2 nitrogen and oxygen atoms in total. The third-order valence-electron chi connectivity index (χ3n) is 5.04. The molecular weight excluding hydrogens is 471 g/mol. The van der Waals surface area contributed by atoms with Gasteiger partial charge in [0.25, 0.3) is 0 Å². The number of hydrogen-bond acceptors (Lipinski definition) is 1. The molecule has 0 amide bonds. The van der Waals surface area contributed by atoms with E-state index in [1.165, 1.54) is 0 Å². The van der Waals surface area contributed by atoms with Gasteiger partial charge in [-0.15, -0.1) is 0 Å². The van der Waals surface area contributed by atoms with E-state index in [9.17, 15) is 0 Å². The molecule has 4 aromatic carbocycles. The third kappa shape index (κ3) is 4.15. The number of fused-ring (bicyclic) bond motifs is 1. The zero-order valence-electron chi connectivity index (χ0n) is 16.3. The maximum atomic E-state index is 6.40. The van der Waals surface area contributed by atoms with Crippen molar-refractivity contribution >= 4 is 34.1 Å². The van der Waals surface area contributed by atoms with E-state index in [0.29, 0.717) is 10.0 Å². The molecule has 0 saturated heterocycles. The lowest BCUT2D eigenvalue weighted by Crippen LogP contribution is -3.00. The molecule has 1 heterocycles. The van der Waals surface area contributed by atoms with Gasteiger partial charge >= 0.3 is 5.82 Å². The molecule has 0 aliphatic rings. The summed E-state index contributed by atoms with van der Waals surface area (Å²) >= 11 is 12.6. The van der Waals surface area contributed by atoms with Gasteiger partial charge in [-0.1, -0.05) is 71.7 Å². The second-order valence-electron chi connectivity index (χ2n) is 6.99. The lowest BCUT2D eigenvalue weighted by molar-refractivity contribution is -0.573. The van der Waals surface area contributed by atoms with E-state index < -0.39 is 0 Å². The number of nitrogens with zero attached hydrogens (tertiary/aromatic N) is 2. The summed E-state index contributed by atoms with van der Waals surface area (Å²) < 4.78 is 2.18. The molecule has 0 aliphatic heterocycles. The van der Waals surface area contributed by atoms with Crippen molar-refractivity contribution in [1.29, 1.82) is 0 Å². The van der Waals surface area contributed by atoms with Crippen LogP contribution < -0.4 is 17.0 Å². The largest absolute Gasteiger partial charge is 1.00 e. The Morgan fingerprint density at radius 3 is 1.94 bits per heavy atom. The normalized spacial score (nSPS) is 10.6. The van der Waals surface area contributed by atoms with Gasteiger partial charge in [0.15, 0.2) is 11.2 Å². The van der Waals surface area contributed by atoms with Crippen LogP contribution >= 0.6 is 23.2 Å². The van der Waals surface area contributed by atoms with Crippen molar-refractivity contribution in [2.24, 2.45) is 0 Å². The summed E-state index contributed by atoms with van der Waals surface area (Å²) in [4.78, 5) is 5.04. The number of hydrogen-bond donors (Lipinski definition) is 0. The number of aromatic nitrogens is 2. The Morgan fingerprint density at radius 1 is 0.710 bits per heavy atom. The predicted molar refractivity (Wildman–Crippen MR) is 124 cm³/mol. The SMILES string of the molecule is Cl[14c]1[14cH][14cH][14c](-[n+]2c(-c3ccccc3)n[14c]3[14cH][14cH][14c](Cl)[14cH][14c]3c2-c2ccccc2)[14cH][14cH]1.[Cl-]. The fourth-order valence-electron chi connectivity index (χ4n) is 3.69. The molecule has 5 rings (SSSR count). The lowest BCUT2D eigenvalue weighted by atomic mass is 10.2. The molecule has 0 unspecified atom stereocenters. The van der Waals surface area contributed by atoms with Crippen molar-refractivity contribution in [3.8, 4) is 28.3 Å². The number of halogens is 3. The summed E-state index contributed by atoms with van der Waals surface area (Å²) in [7, 11) is 0. The maximum absolute atomic E-state index is 6.40. The van der Waals surface area contributed by atoms with Crippen LogP contribution in [0.1, 0.15) is 0 Å². The van der Waals surface area contributed by atoms with Gasteiger partial charge in [0.1, 0.15) is 5.69 Å². The molecule has 31 heavy (non-hydrogen) atoms. The molecule has 5 heteroatoms. The molecular formula is C26H17Cl3N2. The average molecular weight is 488 g/mol. The summed E-state index contributed by atoms with van der Waals surface area (Å²) in [6, 6.07) is 34.2. The van der Waals surface area contributed by atoms with Crippen LogP contribution in [0.4, 0.5) is 0 Å². The molecule has 0 saturated carbocycles. The molecule has 0 atom stereocenters. The minimum absolute atomic E-state index is 0. The molecule has 5 aromatic rings. The van der Waals surface area contributed by atoms with Crippen LogP contribution in [0.25, 0.3) is 39.2 Å². The van der Waals surface area contributed by atoms with Crippen molar-refractivity contribution in [2.75, 3.05) is 0 Å². The van der Waals surface area contributed by atoms with Gasteiger partial charge in [-0.2, -0.15) is 4.57 Å². The minimum atomic E-state index is 0.